The SMILES string of the molecule is CNC(=O)Nc1ccccc1C[S+]([O-])C1=NC(=S)C(C)(C)N1. The Hall–Kier alpha value is -1.64. The van der Waals surface area contributed by atoms with E-state index >= 15 is 0 Å². The molecule has 2 rings (SSSR count). The number of anilines is 1. The molecule has 0 bridgehead atoms. The zero-order valence-corrected chi connectivity index (χ0v) is 14.2. The van der Waals surface area contributed by atoms with Crippen LogP contribution in [0.3, 0.4) is 0 Å². The van der Waals surface area contributed by atoms with Crippen LogP contribution >= 0.6 is 12.2 Å². The van der Waals surface area contributed by atoms with Gasteiger partial charge in [-0.15, -0.1) is 0 Å². The highest BCUT2D eigenvalue weighted by atomic mass is 32.2. The smallest absolute Gasteiger partial charge is 0.318 e. The molecule has 0 saturated heterocycles. The van der Waals surface area contributed by atoms with Gasteiger partial charge >= 0.3 is 11.2 Å². The molecular weight excluding hydrogens is 320 g/mol. The first-order chi connectivity index (χ1) is 10.3. The Kier molecular flexibility index (Phi) is 5.05. The van der Waals surface area contributed by atoms with Crippen molar-refractivity contribution in [1.29, 1.82) is 0 Å². The van der Waals surface area contributed by atoms with Crippen LogP contribution in [0.15, 0.2) is 29.3 Å². The third-order valence-corrected chi connectivity index (χ3v) is 4.95. The number of hydrogen-bond acceptors (Lipinski definition) is 4. The van der Waals surface area contributed by atoms with E-state index < -0.39 is 16.7 Å². The summed E-state index contributed by atoms with van der Waals surface area (Å²) in [5.41, 5.74) is 0.931. The van der Waals surface area contributed by atoms with Crippen molar-refractivity contribution >= 4 is 45.3 Å². The van der Waals surface area contributed by atoms with Gasteiger partial charge in [0.25, 0.3) is 0 Å². The Morgan fingerprint density at radius 1 is 1.45 bits per heavy atom. The zero-order valence-electron chi connectivity index (χ0n) is 12.6. The fraction of sp³-hybridized carbons (Fsp3) is 0.357. The zero-order chi connectivity index (χ0) is 16.3. The maximum absolute atomic E-state index is 12.5. The minimum atomic E-state index is -1.36. The molecule has 0 aromatic heterocycles. The number of nitrogens with one attached hydrogen (secondary N) is 3. The second-order valence-corrected chi connectivity index (χ2v) is 7.08. The average molecular weight is 338 g/mol. The average Bonchev–Trinajstić information content (AvgIpc) is 2.75. The maximum Gasteiger partial charge on any atom is 0.318 e. The van der Waals surface area contributed by atoms with Crippen molar-refractivity contribution in [2.45, 2.75) is 25.1 Å². The van der Waals surface area contributed by atoms with Crippen molar-refractivity contribution in [3.63, 3.8) is 0 Å². The highest BCUT2D eigenvalue weighted by Gasteiger charge is 2.36. The monoisotopic (exact) mass is 338 g/mol. The normalized spacial score (nSPS) is 17.5. The number of thiocarbonyl (C=S) groups is 1. The van der Waals surface area contributed by atoms with Crippen molar-refractivity contribution in [3.8, 4) is 0 Å². The van der Waals surface area contributed by atoms with Crippen LogP contribution in [0.2, 0.25) is 0 Å². The number of nitrogens with zero attached hydrogens (tertiary/aromatic N) is 1. The lowest BCUT2D eigenvalue weighted by atomic mass is 10.1. The molecule has 1 heterocycles. The van der Waals surface area contributed by atoms with Crippen molar-refractivity contribution in [3.05, 3.63) is 29.8 Å². The summed E-state index contributed by atoms with van der Waals surface area (Å²) in [6.07, 6.45) is 0. The predicted molar refractivity (Wildman–Crippen MR) is 93.6 cm³/mol. The molecule has 1 aliphatic heterocycles. The largest absolute Gasteiger partial charge is 0.609 e. The van der Waals surface area contributed by atoms with Crippen molar-refractivity contribution in [1.82, 2.24) is 10.6 Å². The lowest BCUT2D eigenvalue weighted by molar-refractivity contribution is 0.254. The standard InChI is InChI=1S/C14H18N4O2S2/c1-14(2)11(21)17-13(18-14)22(20)8-9-6-4-5-7-10(9)16-12(19)15-3/h4-7H,8H2,1-3H3,(H2,15,16,19)(H,17,18,21). The van der Waals surface area contributed by atoms with Gasteiger partial charge in [0.1, 0.15) is 10.7 Å². The maximum atomic E-state index is 12.5. The molecule has 118 valence electrons. The number of amidine groups is 1. The summed E-state index contributed by atoms with van der Waals surface area (Å²) in [6.45, 7) is 3.79. The van der Waals surface area contributed by atoms with E-state index in [0.717, 1.165) is 5.56 Å². The van der Waals surface area contributed by atoms with Gasteiger partial charge in [0, 0.05) is 23.8 Å². The predicted octanol–water partition coefficient (Wildman–Crippen LogP) is 1.75. The van der Waals surface area contributed by atoms with Gasteiger partial charge in [-0.3, -0.25) is 0 Å². The Labute approximate surface area is 138 Å². The number of urea groups is 1. The van der Waals surface area contributed by atoms with Gasteiger partial charge in [-0.2, -0.15) is 4.99 Å². The number of benzene rings is 1. The summed E-state index contributed by atoms with van der Waals surface area (Å²) in [6, 6.07) is 6.90. The van der Waals surface area contributed by atoms with Gasteiger partial charge in [-0.05, 0) is 19.9 Å². The second kappa shape index (κ2) is 6.64. The van der Waals surface area contributed by atoms with E-state index in [0.29, 0.717) is 15.8 Å². The molecule has 0 saturated carbocycles. The van der Waals surface area contributed by atoms with Gasteiger partial charge in [-0.25, -0.2) is 4.79 Å². The van der Waals surface area contributed by atoms with Crippen LogP contribution in [-0.4, -0.2) is 33.3 Å². The first-order valence-corrected chi connectivity index (χ1v) is 8.42. The first kappa shape index (κ1) is 16.7. The minimum Gasteiger partial charge on any atom is -0.609 e. The van der Waals surface area contributed by atoms with Crippen molar-refractivity contribution in [2.75, 3.05) is 12.4 Å². The molecule has 1 aromatic rings. The van der Waals surface area contributed by atoms with Crippen molar-refractivity contribution in [2.24, 2.45) is 4.99 Å². The topological polar surface area (TPSA) is 88.6 Å². The highest BCUT2D eigenvalue weighted by molar-refractivity contribution is 8.05. The Morgan fingerprint density at radius 3 is 2.73 bits per heavy atom. The van der Waals surface area contributed by atoms with E-state index in [1.54, 1.807) is 12.1 Å². The Balaban J connectivity index is 2.13. The fourth-order valence-electron chi connectivity index (χ4n) is 1.85. The Morgan fingerprint density at radius 2 is 2.14 bits per heavy atom. The summed E-state index contributed by atoms with van der Waals surface area (Å²) < 4.78 is 12.5. The summed E-state index contributed by atoms with van der Waals surface area (Å²) in [5, 5.41) is 8.66. The van der Waals surface area contributed by atoms with Crippen LogP contribution in [0.1, 0.15) is 19.4 Å². The lowest BCUT2D eigenvalue weighted by Gasteiger charge is -2.19. The summed E-state index contributed by atoms with van der Waals surface area (Å²) in [4.78, 5) is 16.1. The van der Waals surface area contributed by atoms with Crippen LogP contribution in [0.4, 0.5) is 10.5 Å². The molecule has 8 heteroatoms. The number of amides is 2. The third-order valence-electron chi connectivity index (χ3n) is 3.15. The molecule has 1 aliphatic rings. The number of carbonyl (C=O) groups is 1. The van der Waals surface area contributed by atoms with Crippen LogP contribution in [0, 0.1) is 0 Å². The molecule has 22 heavy (non-hydrogen) atoms. The molecule has 0 aliphatic carbocycles. The van der Waals surface area contributed by atoms with Gasteiger partial charge in [-0.1, -0.05) is 30.4 Å². The van der Waals surface area contributed by atoms with Crippen LogP contribution in [0.5, 0.6) is 0 Å². The molecule has 1 unspecified atom stereocenters. The summed E-state index contributed by atoms with van der Waals surface area (Å²) in [5.74, 6) is 0.241. The number of para-hydroxylation sites is 1. The summed E-state index contributed by atoms with van der Waals surface area (Å²) in [7, 11) is 1.54. The van der Waals surface area contributed by atoms with E-state index in [-0.39, 0.29) is 11.8 Å². The highest BCUT2D eigenvalue weighted by Crippen LogP contribution is 2.22. The number of rotatable bonds is 3. The molecule has 0 fully saturated rings. The van der Waals surface area contributed by atoms with Gasteiger partial charge in [0.05, 0.1) is 11.2 Å². The van der Waals surface area contributed by atoms with Crippen LogP contribution < -0.4 is 16.0 Å². The van der Waals surface area contributed by atoms with Gasteiger partial charge < -0.3 is 20.5 Å². The van der Waals surface area contributed by atoms with E-state index in [9.17, 15) is 9.35 Å². The third kappa shape index (κ3) is 3.76. The lowest BCUT2D eigenvalue weighted by Crippen LogP contribution is -2.44. The molecule has 6 nitrogen and oxygen atoms in total. The molecule has 3 N–H and O–H groups in total. The molecule has 0 spiro atoms. The van der Waals surface area contributed by atoms with E-state index in [2.05, 4.69) is 20.9 Å². The molecule has 1 atom stereocenters. The number of carbonyl (C=O) groups excluding carboxylic acids is 1. The minimum absolute atomic E-state index is 0.241. The fourth-order valence-corrected chi connectivity index (χ4v) is 3.28. The molecule has 0 radical (unpaired) electrons. The van der Waals surface area contributed by atoms with E-state index in [1.807, 2.05) is 26.0 Å². The molecule has 2 amide bonds. The Bertz CT molecular complexity index is 631. The van der Waals surface area contributed by atoms with Crippen molar-refractivity contribution < 1.29 is 9.35 Å². The quantitative estimate of drug-likeness (QED) is 0.579. The van der Waals surface area contributed by atoms with E-state index in [1.165, 1.54) is 7.05 Å². The van der Waals surface area contributed by atoms with Gasteiger partial charge in [0.15, 0.2) is 0 Å². The van der Waals surface area contributed by atoms with Crippen LogP contribution in [-0.2, 0) is 16.9 Å². The second-order valence-electron chi connectivity index (χ2n) is 5.32. The van der Waals surface area contributed by atoms with Crippen LogP contribution in [0.25, 0.3) is 0 Å². The number of aliphatic imine (C=N–C) groups is 1. The first-order valence-electron chi connectivity index (χ1n) is 6.70. The molecule has 1 aromatic carbocycles. The van der Waals surface area contributed by atoms with Gasteiger partial charge in [0.2, 0.25) is 0 Å². The summed E-state index contributed by atoms with van der Waals surface area (Å²) >= 11 is 3.80. The molecular formula is C14H18N4O2S2. The number of hydrogen-bond donors (Lipinski definition) is 3. The van der Waals surface area contributed by atoms with E-state index in [4.69, 9.17) is 12.2 Å².